The Hall–Kier alpha value is -1.46. The van der Waals surface area contributed by atoms with Crippen LogP contribution in [0.5, 0.6) is 0 Å². The molecule has 0 fully saturated rings. The van der Waals surface area contributed by atoms with E-state index in [1.165, 1.54) is 23.1 Å². The monoisotopic (exact) mass is 278 g/mol. The molecule has 0 unspecified atom stereocenters. The summed E-state index contributed by atoms with van der Waals surface area (Å²) in [7, 11) is 0. The van der Waals surface area contributed by atoms with Crippen molar-refractivity contribution in [2.75, 3.05) is 0 Å². The van der Waals surface area contributed by atoms with Gasteiger partial charge in [-0.2, -0.15) is 0 Å². The lowest BCUT2D eigenvalue weighted by Gasteiger charge is -2.03. The first kappa shape index (κ1) is 14.6. The van der Waals surface area contributed by atoms with Gasteiger partial charge in [-0.05, 0) is 29.6 Å². The largest absolute Gasteiger partial charge is 0.295 e. The number of nitrogens with zero attached hydrogens (tertiary/aromatic N) is 2. The zero-order valence-corrected chi connectivity index (χ0v) is 11.8. The average Bonchev–Trinajstić information content (AvgIpc) is 2.85. The molecule has 94 valence electrons. The number of aldehydes is 1. The molecule has 0 N–H and O–H groups in total. The molecule has 3 nitrogen and oxygen atoms in total. The number of carbonyl (C=O) groups is 1. The minimum absolute atomic E-state index is 0.386. The number of thioether (sulfide) groups is 1. The summed E-state index contributed by atoms with van der Waals surface area (Å²) >= 11 is 2.80. The van der Waals surface area contributed by atoms with Crippen molar-refractivity contribution < 1.29 is 4.79 Å². The van der Waals surface area contributed by atoms with Crippen LogP contribution in [0.2, 0.25) is 0 Å². The molecule has 1 rings (SSSR count). The molecule has 5 heteroatoms. The lowest BCUT2D eigenvalue weighted by atomic mass is 10.2. The van der Waals surface area contributed by atoms with Crippen LogP contribution < -0.4 is 0 Å². The predicted octanol–water partition coefficient (Wildman–Crippen LogP) is 4.09. The van der Waals surface area contributed by atoms with Crippen molar-refractivity contribution in [1.82, 2.24) is 10.2 Å². The van der Waals surface area contributed by atoms with Gasteiger partial charge in [0, 0.05) is 4.91 Å². The van der Waals surface area contributed by atoms with Gasteiger partial charge in [0.1, 0.15) is 5.01 Å². The lowest BCUT2D eigenvalue weighted by molar-refractivity contribution is 0.112. The second-order valence-electron chi connectivity index (χ2n) is 3.23. The molecule has 0 aromatic carbocycles. The van der Waals surface area contributed by atoms with E-state index in [4.69, 9.17) is 0 Å². The summed E-state index contributed by atoms with van der Waals surface area (Å²) in [6.45, 7) is 9.75. The summed E-state index contributed by atoms with van der Waals surface area (Å²) in [5, 5.41) is 10.4. The fraction of sp³-hybridized carbons (Fsp3) is 0.154. The van der Waals surface area contributed by atoms with E-state index in [0.717, 1.165) is 16.9 Å². The summed E-state index contributed by atoms with van der Waals surface area (Å²) in [5.74, 6) is 0. The van der Waals surface area contributed by atoms with E-state index in [0.29, 0.717) is 16.3 Å². The Morgan fingerprint density at radius 1 is 1.44 bits per heavy atom. The van der Waals surface area contributed by atoms with Crippen LogP contribution in [-0.2, 0) is 0 Å². The standard InChI is InChI=1S/C13H14N2OS2/c1-4-10(3)11(17-5-2)7-6-8-12-14-15-13(9-16)18-12/h5-9H,2-4H2,1H3/b8-6+,11-7+. The number of carbonyl (C=O) groups excluding carboxylic acids is 1. The molecule has 0 atom stereocenters. The van der Waals surface area contributed by atoms with Crippen LogP contribution in [0.15, 0.2) is 41.2 Å². The van der Waals surface area contributed by atoms with Gasteiger partial charge in [0.2, 0.25) is 0 Å². The predicted molar refractivity (Wildman–Crippen MR) is 79.6 cm³/mol. The highest BCUT2D eigenvalue weighted by Crippen LogP contribution is 2.25. The normalized spacial score (nSPS) is 11.7. The topological polar surface area (TPSA) is 42.9 Å². The van der Waals surface area contributed by atoms with Gasteiger partial charge in [-0.1, -0.05) is 49.3 Å². The fourth-order valence-electron chi connectivity index (χ4n) is 1.08. The van der Waals surface area contributed by atoms with E-state index in [1.807, 2.05) is 18.2 Å². The number of allylic oxidation sites excluding steroid dienone is 3. The number of hydrogen-bond acceptors (Lipinski definition) is 5. The second-order valence-corrected chi connectivity index (χ2v) is 5.28. The first-order valence-corrected chi connectivity index (χ1v) is 7.03. The maximum atomic E-state index is 10.5. The summed E-state index contributed by atoms with van der Waals surface area (Å²) in [5.41, 5.74) is 1.07. The van der Waals surface area contributed by atoms with Crippen molar-refractivity contribution in [1.29, 1.82) is 0 Å². The van der Waals surface area contributed by atoms with Crippen molar-refractivity contribution in [3.63, 3.8) is 0 Å². The van der Waals surface area contributed by atoms with E-state index in [1.54, 1.807) is 5.41 Å². The number of rotatable bonds is 7. The van der Waals surface area contributed by atoms with E-state index >= 15 is 0 Å². The summed E-state index contributed by atoms with van der Waals surface area (Å²) in [6.07, 6.45) is 7.25. The third-order valence-electron chi connectivity index (χ3n) is 2.03. The first-order valence-electron chi connectivity index (χ1n) is 5.34. The van der Waals surface area contributed by atoms with E-state index in [2.05, 4.69) is 30.3 Å². The Bertz CT molecular complexity index is 501. The van der Waals surface area contributed by atoms with Crippen LogP contribution >= 0.6 is 23.1 Å². The van der Waals surface area contributed by atoms with Crippen LogP contribution in [-0.4, -0.2) is 16.5 Å². The van der Waals surface area contributed by atoms with Gasteiger partial charge in [-0.25, -0.2) is 0 Å². The smallest absolute Gasteiger partial charge is 0.180 e. The van der Waals surface area contributed by atoms with Crippen LogP contribution in [0.4, 0.5) is 0 Å². The van der Waals surface area contributed by atoms with Crippen LogP contribution in [0.1, 0.15) is 28.2 Å². The maximum Gasteiger partial charge on any atom is 0.180 e. The quantitative estimate of drug-likeness (QED) is 0.556. The van der Waals surface area contributed by atoms with Crippen molar-refractivity contribution in [3.05, 3.63) is 51.2 Å². The molecule has 1 heterocycles. The van der Waals surface area contributed by atoms with E-state index in [9.17, 15) is 4.79 Å². The summed E-state index contributed by atoms with van der Waals surface area (Å²) < 4.78 is 0. The molecule has 0 aliphatic carbocycles. The van der Waals surface area contributed by atoms with Gasteiger partial charge in [-0.15, -0.1) is 10.2 Å². The van der Waals surface area contributed by atoms with E-state index < -0.39 is 0 Å². The van der Waals surface area contributed by atoms with Crippen molar-refractivity contribution in [2.24, 2.45) is 0 Å². The fourth-order valence-corrected chi connectivity index (χ4v) is 2.30. The Morgan fingerprint density at radius 2 is 2.17 bits per heavy atom. The molecule has 1 aromatic rings. The molecule has 0 radical (unpaired) electrons. The van der Waals surface area contributed by atoms with Crippen LogP contribution in [0.3, 0.4) is 0 Å². The molecule has 0 aliphatic rings. The Morgan fingerprint density at radius 3 is 2.72 bits per heavy atom. The van der Waals surface area contributed by atoms with Gasteiger partial charge in [-0.3, -0.25) is 4.79 Å². The molecule has 0 spiro atoms. The summed E-state index contributed by atoms with van der Waals surface area (Å²) in [6, 6.07) is 0. The minimum atomic E-state index is 0.386. The highest BCUT2D eigenvalue weighted by molar-refractivity contribution is 8.06. The highest BCUT2D eigenvalue weighted by atomic mass is 32.2. The van der Waals surface area contributed by atoms with Gasteiger partial charge in [0.05, 0.1) is 0 Å². The van der Waals surface area contributed by atoms with Gasteiger partial charge in [0.25, 0.3) is 0 Å². The Kier molecular flexibility index (Phi) is 6.32. The van der Waals surface area contributed by atoms with Crippen molar-refractivity contribution in [2.45, 2.75) is 13.3 Å². The van der Waals surface area contributed by atoms with Crippen LogP contribution in [0, 0.1) is 0 Å². The molecule has 0 amide bonds. The van der Waals surface area contributed by atoms with Crippen molar-refractivity contribution in [3.8, 4) is 0 Å². The third-order valence-corrected chi connectivity index (χ3v) is 3.69. The Labute approximate surface area is 115 Å². The zero-order chi connectivity index (χ0) is 13.4. The van der Waals surface area contributed by atoms with Gasteiger partial charge < -0.3 is 0 Å². The Balaban J connectivity index is 2.77. The third kappa shape index (κ3) is 4.43. The average molecular weight is 278 g/mol. The lowest BCUT2D eigenvalue weighted by Crippen LogP contribution is -1.79. The maximum absolute atomic E-state index is 10.5. The molecule has 0 saturated carbocycles. The van der Waals surface area contributed by atoms with Gasteiger partial charge >= 0.3 is 0 Å². The van der Waals surface area contributed by atoms with Crippen molar-refractivity contribution >= 4 is 35.5 Å². The highest BCUT2D eigenvalue weighted by Gasteiger charge is 1.99. The SMILES string of the molecule is C=CS/C(=C/C=C/c1nnc(C=O)s1)C(=C)CC. The number of aromatic nitrogens is 2. The molecule has 0 bridgehead atoms. The molecule has 18 heavy (non-hydrogen) atoms. The molecule has 0 aliphatic heterocycles. The minimum Gasteiger partial charge on any atom is -0.295 e. The summed E-state index contributed by atoms with van der Waals surface area (Å²) in [4.78, 5) is 11.5. The van der Waals surface area contributed by atoms with Crippen LogP contribution in [0.25, 0.3) is 6.08 Å². The molecule has 1 aromatic heterocycles. The first-order chi connectivity index (χ1) is 8.71. The number of hydrogen-bond donors (Lipinski definition) is 0. The second kappa shape index (κ2) is 7.79. The zero-order valence-electron chi connectivity index (χ0n) is 10.1. The van der Waals surface area contributed by atoms with Gasteiger partial charge in [0.15, 0.2) is 11.3 Å². The molecular weight excluding hydrogens is 264 g/mol. The molecule has 0 saturated heterocycles. The molecular formula is C13H14N2OS2. The van der Waals surface area contributed by atoms with E-state index in [-0.39, 0.29) is 0 Å².